The number of nitrogens with zero attached hydrogens (tertiary/aromatic N) is 1. The molecule has 2 unspecified atom stereocenters. The number of fused-ring (bicyclic) bond motifs is 1. The van der Waals surface area contributed by atoms with Crippen LogP contribution in [0.4, 0.5) is 0 Å². The summed E-state index contributed by atoms with van der Waals surface area (Å²) in [5, 5.41) is 18.9. The number of aromatic hydroxyl groups is 2. The van der Waals surface area contributed by atoms with Gasteiger partial charge in [0.2, 0.25) is 0 Å². The molecule has 1 aliphatic carbocycles. The smallest absolute Gasteiger partial charge is 0.180 e. The van der Waals surface area contributed by atoms with E-state index in [1.807, 2.05) is 6.08 Å². The topological polar surface area (TPSA) is 60.8 Å². The molecule has 0 saturated carbocycles. The summed E-state index contributed by atoms with van der Waals surface area (Å²) in [4.78, 5) is 13.9. The van der Waals surface area contributed by atoms with Crippen molar-refractivity contribution < 1.29 is 15.0 Å². The first-order valence-electron chi connectivity index (χ1n) is 7.44. The number of allylic oxidation sites excluding steroid dienone is 3. The number of hydrogen-bond acceptors (Lipinski definition) is 4. The Morgan fingerprint density at radius 2 is 1.95 bits per heavy atom. The number of benzene rings is 1. The van der Waals surface area contributed by atoms with E-state index in [2.05, 4.69) is 24.0 Å². The Kier molecular flexibility index (Phi) is 3.75. The summed E-state index contributed by atoms with van der Waals surface area (Å²) in [5.74, 6) is -0.0103. The SMILES string of the molecule is CC1C=CC2C=CC(=O)C=C2N1CCc1ccc(O)c(O)c1. The van der Waals surface area contributed by atoms with Crippen LogP contribution < -0.4 is 0 Å². The van der Waals surface area contributed by atoms with Gasteiger partial charge in [-0.2, -0.15) is 0 Å². The predicted molar refractivity (Wildman–Crippen MR) is 84.5 cm³/mol. The van der Waals surface area contributed by atoms with E-state index in [1.165, 1.54) is 6.07 Å². The van der Waals surface area contributed by atoms with Crippen molar-refractivity contribution >= 4 is 5.78 Å². The van der Waals surface area contributed by atoms with Crippen LogP contribution >= 0.6 is 0 Å². The molecule has 3 rings (SSSR count). The summed E-state index contributed by atoms with van der Waals surface area (Å²) in [5.41, 5.74) is 1.98. The van der Waals surface area contributed by atoms with Gasteiger partial charge in [0.05, 0.1) is 0 Å². The molecule has 2 aliphatic rings. The fourth-order valence-corrected chi connectivity index (χ4v) is 2.95. The highest BCUT2D eigenvalue weighted by Crippen LogP contribution is 2.30. The van der Waals surface area contributed by atoms with Gasteiger partial charge < -0.3 is 15.1 Å². The van der Waals surface area contributed by atoms with E-state index in [-0.39, 0.29) is 29.2 Å². The third-order valence-corrected chi connectivity index (χ3v) is 4.20. The molecule has 4 nitrogen and oxygen atoms in total. The summed E-state index contributed by atoms with van der Waals surface area (Å²) >= 11 is 0. The summed E-state index contributed by atoms with van der Waals surface area (Å²) in [6, 6.07) is 5.11. The van der Waals surface area contributed by atoms with Crippen LogP contribution in [0.5, 0.6) is 11.5 Å². The van der Waals surface area contributed by atoms with Gasteiger partial charge in [-0.05, 0) is 37.1 Å². The summed E-state index contributed by atoms with van der Waals surface area (Å²) in [6.07, 6.45) is 10.3. The van der Waals surface area contributed by atoms with E-state index < -0.39 is 0 Å². The van der Waals surface area contributed by atoms with E-state index in [9.17, 15) is 15.0 Å². The standard InChI is InChI=1S/C18H19NO3/c1-12-2-4-14-5-6-15(20)11-16(14)19(12)9-8-13-3-7-17(21)18(22)10-13/h2-7,10-12,14,21-22H,8-9H2,1H3. The van der Waals surface area contributed by atoms with Crippen molar-refractivity contribution in [2.45, 2.75) is 19.4 Å². The van der Waals surface area contributed by atoms with Gasteiger partial charge in [0.25, 0.3) is 0 Å². The predicted octanol–water partition coefficient (Wildman–Crippen LogP) is 2.54. The molecule has 0 amide bonds. The van der Waals surface area contributed by atoms with Crippen molar-refractivity contribution in [3.05, 3.63) is 59.8 Å². The van der Waals surface area contributed by atoms with Crippen LogP contribution in [0.25, 0.3) is 0 Å². The van der Waals surface area contributed by atoms with Crippen LogP contribution in [-0.4, -0.2) is 33.5 Å². The highest BCUT2D eigenvalue weighted by molar-refractivity contribution is 6.00. The lowest BCUT2D eigenvalue weighted by Crippen LogP contribution is -2.39. The van der Waals surface area contributed by atoms with Gasteiger partial charge in [0.1, 0.15) is 0 Å². The molecule has 22 heavy (non-hydrogen) atoms. The van der Waals surface area contributed by atoms with Crippen LogP contribution in [0, 0.1) is 5.92 Å². The molecule has 1 aromatic carbocycles. The number of carbonyl (C=O) groups excluding carboxylic acids is 1. The van der Waals surface area contributed by atoms with Gasteiger partial charge in [0, 0.05) is 30.3 Å². The lowest BCUT2D eigenvalue weighted by Gasteiger charge is -2.38. The molecule has 1 aliphatic heterocycles. The summed E-state index contributed by atoms with van der Waals surface area (Å²) in [6.45, 7) is 2.85. The zero-order valence-electron chi connectivity index (χ0n) is 12.4. The average molecular weight is 297 g/mol. The van der Waals surface area contributed by atoms with Gasteiger partial charge in [-0.15, -0.1) is 0 Å². The Balaban J connectivity index is 1.77. The fourth-order valence-electron chi connectivity index (χ4n) is 2.95. The first-order valence-corrected chi connectivity index (χ1v) is 7.44. The van der Waals surface area contributed by atoms with E-state index in [1.54, 1.807) is 24.3 Å². The largest absolute Gasteiger partial charge is 0.504 e. The van der Waals surface area contributed by atoms with Gasteiger partial charge in [-0.25, -0.2) is 0 Å². The van der Waals surface area contributed by atoms with Crippen LogP contribution in [0.3, 0.4) is 0 Å². The van der Waals surface area contributed by atoms with Crippen molar-refractivity contribution in [1.82, 2.24) is 4.90 Å². The fraction of sp³-hybridized carbons (Fsp3) is 0.278. The molecule has 2 atom stereocenters. The second-order valence-corrected chi connectivity index (χ2v) is 5.75. The van der Waals surface area contributed by atoms with Crippen LogP contribution in [0.15, 0.2) is 54.3 Å². The molecule has 1 aromatic rings. The maximum absolute atomic E-state index is 11.7. The van der Waals surface area contributed by atoms with Crippen molar-refractivity contribution in [2.75, 3.05) is 6.54 Å². The molecule has 0 fully saturated rings. The van der Waals surface area contributed by atoms with Gasteiger partial charge in [-0.1, -0.05) is 24.3 Å². The lowest BCUT2D eigenvalue weighted by atomic mass is 9.91. The molecule has 0 spiro atoms. The molecule has 0 aromatic heterocycles. The molecule has 1 heterocycles. The summed E-state index contributed by atoms with van der Waals surface area (Å²) < 4.78 is 0. The minimum atomic E-state index is -0.108. The second-order valence-electron chi connectivity index (χ2n) is 5.75. The Morgan fingerprint density at radius 3 is 2.73 bits per heavy atom. The highest BCUT2D eigenvalue weighted by Gasteiger charge is 2.26. The number of phenolic OH excluding ortho intramolecular Hbond substituents is 2. The zero-order chi connectivity index (χ0) is 15.7. The Hall–Kier alpha value is -2.49. The maximum atomic E-state index is 11.7. The van der Waals surface area contributed by atoms with Crippen LogP contribution in [0.1, 0.15) is 12.5 Å². The van der Waals surface area contributed by atoms with E-state index in [0.717, 1.165) is 24.2 Å². The third kappa shape index (κ3) is 2.77. The quantitative estimate of drug-likeness (QED) is 0.665. The minimum Gasteiger partial charge on any atom is -0.504 e. The Labute approximate surface area is 129 Å². The number of phenols is 2. The van der Waals surface area contributed by atoms with Crippen molar-refractivity contribution in [3.8, 4) is 11.5 Å². The maximum Gasteiger partial charge on any atom is 0.180 e. The third-order valence-electron chi connectivity index (χ3n) is 4.20. The van der Waals surface area contributed by atoms with Crippen molar-refractivity contribution in [1.29, 1.82) is 0 Å². The van der Waals surface area contributed by atoms with E-state index >= 15 is 0 Å². The first kappa shape index (κ1) is 14.4. The van der Waals surface area contributed by atoms with E-state index in [0.29, 0.717) is 0 Å². The van der Waals surface area contributed by atoms with Crippen molar-refractivity contribution in [2.24, 2.45) is 5.92 Å². The number of hydrogen-bond donors (Lipinski definition) is 2. The number of rotatable bonds is 3. The zero-order valence-corrected chi connectivity index (χ0v) is 12.4. The highest BCUT2D eigenvalue weighted by atomic mass is 16.3. The van der Waals surface area contributed by atoms with Gasteiger partial charge >= 0.3 is 0 Å². The summed E-state index contributed by atoms with van der Waals surface area (Å²) in [7, 11) is 0. The Bertz CT molecular complexity index is 688. The number of ketones is 1. The normalized spacial score (nSPS) is 23.4. The molecule has 0 saturated heterocycles. The van der Waals surface area contributed by atoms with Gasteiger partial charge in [-0.3, -0.25) is 4.79 Å². The van der Waals surface area contributed by atoms with Crippen molar-refractivity contribution in [3.63, 3.8) is 0 Å². The molecular weight excluding hydrogens is 278 g/mol. The second kappa shape index (κ2) is 5.72. The Morgan fingerprint density at radius 1 is 1.14 bits per heavy atom. The van der Waals surface area contributed by atoms with Crippen LogP contribution in [0.2, 0.25) is 0 Å². The average Bonchev–Trinajstić information content (AvgIpc) is 2.49. The van der Waals surface area contributed by atoms with Gasteiger partial charge in [0.15, 0.2) is 17.3 Å². The van der Waals surface area contributed by atoms with Crippen LogP contribution in [-0.2, 0) is 11.2 Å². The number of carbonyl (C=O) groups is 1. The molecule has 0 bridgehead atoms. The molecule has 114 valence electrons. The lowest BCUT2D eigenvalue weighted by molar-refractivity contribution is -0.110. The first-order chi connectivity index (χ1) is 10.5. The molecule has 4 heteroatoms. The van der Waals surface area contributed by atoms with E-state index in [4.69, 9.17) is 0 Å². The monoisotopic (exact) mass is 297 g/mol. The molecular formula is C18H19NO3. The minimum absolute atomic E-state index is 0.0287. The molecule has 0 radical (unpaired) electrons. The molecule has 2 N–H and O–H groups in total.